The Morgan fingerprint density at radius 3 is 2.84 bits per heavy atom. The first-order valence-corrected chi connectivity index (χ1v) is 6.79. The minimum Gasteiger partial charge on any atom is -0.454 e. The van der Waals surface area contributed by atoms with E-state index in [1.807, 2.05) is 36.4 Å². The van der Waals surface area contributed by atoms with Crippen molar-refractivity contribution in [3.63, 3.8) is 0 Å². The quantitative estimate of drug-likeness (QED) is 0.549. The molecule has 4 aromatic rings. The lowest BCUT2D eigenvalue weighted by atomic mass is 10.1. The van der Waals surface area contributed by atoms with Gasteiger partial charge in [0, 0.05) is 20.8 Å². The maximum atomic E-state index is 9.40. The number of para-hydroxylation sites is 1. The van der Waals surface area contributed by atoms with Gasteiger partial charge in [-0.3, -0.25) is 0 Å². The Balaban J connectivity index is 2.23. The summed E-state index contributed by atoms with van der Waals surface area (Å²) in [6.45, 7) is 0.0159. The fourth-order valence-corrected chi connectivity index (χ4v) is 2.94. The molecule has 19 heavy (non-hydrogen) atoms. The summed E-state index contributed by atoms with van der Waals surface area (Å²) < 4.78 is 6.94. The Hall–Kier alpha value is -1.78. The molecule has 0 amide bonds. The van der Waals surface area contributed by atoms with Crippen molar-refractivity contribution in [3.05, 3.63) is 46.4 Å². The van der Waals surface area contributed by atoms with E-state index in [2.05, 4.69) is 20.9 Å². The molecule has 0 saturated heterocycles. The number of nitrogens with one attached hydrogen (secondary N) is 1. The molecule has 2 aromatic carbocycles. The number of furan rings is 1. The van der Waals surface area contributed by atoms with Gasteiger partial charge in [-0.2, -0.15) is 0 Å². The van der Waals surface area contributed by atoms with Crippen LogP contribution in [-0.4, -0.2) is 10.1 Å². The van der Waals surface area contributed by atoms with E-state index in [0.29, 0.717) is 0 Å². The largest absolute Gasteiger partial charge is 0.454 e. The molecule has 0 bridgehead atoms. The lowest BCUT2D eigenvalue weighted by molar-refractivity contribution is 0.283. The molecule has 0 saturated carbocycles. The highest BCUT2D eigenvalue weighted by Gasteiger charge is 2.14. The van der Waals surface area contributed by atoms with Crippen LogP contribution in [0.1, 0.15) is 5.56 Å². The Kier molecular flexibility index (Phi) is 2.25. The van der Waals surface area contributed by atoms with Gasteiger partial charge in [0.15, 0.2) is 5.58 Å². The van der Waals surface area contributed by atoms with Gasteiger partial charge in [-0.1, -0.05) is 28.1 Å². The monoisotopic (exact) mass is 315 g/mol. The third-order valence-electron chi connectivity index (χ3n) is 3.47. The van der Waals surface area contributed by atoms with Crippen LogP contribution in [0.2, 0.25) is 0 Å². The number of rotatable bonds is 1. The molecule has 94 valence electrons. The summed E-state index contributed by atoms with van der Waals surface area (Å²) in [7, 11) is 0. The molecule has 0 spiro atoms. The molecule has 0 radical (unpaired) electrons. The molecule has 0 unspecified atom stereocenters. The molecule has 2 heterocycles. The number of aliphatic hydroxyl groups excluding tert-OH is 1. The average molecular weight is 316 g/mol. The van der Waals surface area contributed by atoms with E-state index in [-0.39, 0.29) is 6.61 Å². The smallest absolute Gasteiger partial charge is 0.160 e. The highest BCUT2D eigenvalue weighted by molar-refractivity contribution is 9.10. The third-order valence-corrected chi connectivity index (χ3v) is 3.96. The summed E-state index contributed by atoms with van der Waals surface area (Å²) in [5.41, 5.74) is 4.51. The summed E-state index contributed by atoms with van der Waals surface area (Å²) in [6, 6.07) is 11.8. The minimum absolute atomic E-state index is 0.0159. The SMILES string of the molecule is OCc1cccc2c1[nH]c1c3cc(Br)ccc3oc21. The van der Waals surface area contributed by atoms with Gasteiger partial charge < -0.3 is 14.5 Å². The molecular formula is C15H10BrNO2. The normalized spacial score (nSPS) is 11.9. The van der Waals surface area contributed by atoms with E-state index >= 15 is 0 Å². The van der Waals surface area contributed by atoms with Crippen LogP contribution in [0.25, 0.3) is 33.0 Å². The van der Waals surface area contributed by atoms with Crippen molar-refractivity contribution in [3.8, 4) is 0 Å². The van der Waals surface area contributed by atoms with E-state index < -0.39 is 0 Å². The number of aromatic amines is 1. The first-order valence-electron chi connectivity index (χ1n) is 6.00. The molecule has 0 aliphatic carbocycles. The first-order chi connectivity index (χ1) is 9.28. The summed E-state index contributed by atoms with van der Waals surface area (Å²) in [5, 5.41) is 11.5. The molecule has 0 atom stereocenters. The van der Waals surface area contributed by atoms with Gasteiger partial charge in [0.05, 0.1) is 17.6 Å². The van der Waals surface area contributed by atoms with Crippen LogP contribution in [0, 0.1) is 0 Å². The molecule has 2 aromatic heterocycles. The lowest BCUT2D eigenvalue weighted by Crippen LogP contribution is -1.84. The van der Waals surface area contributed by atoms with Crippen molar-refractivity contribution >= 4 is 48.9 Å². The van der Waals surface area contributed by atoms with Crippen molar-refractivity contribution in [1.82, 2.24) is 4.98 Å². The van der Waals surface area contributed by atoms with Crippen molar-refractivity contribution < 1.29 is 9.52 Å². The summed E-state index contributed by atoms with van der Waals surface area (Å²) in [6.07, 6.45) is 0. The average Bonchev–Trinajstić information content (AvgIpc) is 2.95. The second-order valence-electron chi connectivity index (χ2n) is 4.57. The Morgan fingerprint density at radius 2 is 2.00 bits per heavy atom. The molecule has 4 rings (SSSR count). The Bertz CT molecular complexity index is 920. The van der Waals surface area contributed by atoms with Gasteiger partial charge in [0.1, 0.15) is 5.58 Å². The lowest BCUT2D eigenvalue weighted by Gasteiger charge is -1.97. The van der Waals surface area contributed by atoms with Gasteiger partial charge >= 0.3 is 0 Å². The zero-order valence-corrected chi connectivity index (χ0v) is 11.5. The third kappa shape index (κ3) is 1.47. The van der Waals surface area contributed by atoms with Crippen LogP contribution < -0.4 is 0 Å². The molecular weight excluding hydrogens is 306 g/mol. The highest BCUT2D eigenvalue weighted by atomic mass is 79.9. The number of halogens is 1. The number of benzene rings is 2. The van der Waals surface area contributed by atoms with Gasteiger partial charge in [-0.05, 0) is 24.3 Å². The van der Waals surface area contributed by atoms with Gasteiger partial charge in [0.2, 0.25) is 0 Å². The fourth-order valence-electron chi connectivity index (χ4n) is 2.58. The maximum absolute atomic E-state index is 9.40. The van der Waals surface area contributed by atoms with E-state index in [9.17, 15) is 5.11 Å². The van der Waals surface area contributed by atoms with E-state index in [0.717, 1.165) is 43.0 Å². The van der Waals surface area contributed by atoms with Crippen LogP contribution in [0.4, 0.5) is 0 Å². The Morgan fingerprint density at radius 1 is 1.11 bits per heavy atom. The van der Waals surface area contributed by atoms with Crippen molar-refractivity contribution in [2.75, 3.05) is 0 Å². The molecule has 0 aliphatic rings. The van der Waals surface area contributed by atoms with Gasteiger partial charge in [-0.15, -0.1) is 0 Å². The van der Waals surface area contributed by atoms with Crippen LogP contribution in [0.5, 0.6) is 0 Å². The van der Waals surface area contributed by atoms with E-state index in [4.69, 9.17) is 4.42 Å². The number of hydrogen-bond acceptors (Lipinski definition) is 2. The predicted molar refractivity (Wildman–Crippen MR) is 79.2 cm³/mol. The van der Waals surface area contributed by atoms with Gasteiger partial charge in [-0.25, -0.2) is 0 Å². The van der Waals surface area contributed by atoms with Crippen LogP contribution in [0.3, 0.4) is 0 Å². The standard InChI is InChI=1S/C15H10BrNO2/c16-9-4-5-12-11(6-9)14-15(19-12)10-3-1-2-8(7-18)13(10)17-14/h1-6,17-18H,7H2. The summed E-state index contributed by atoms with van der Waals surface area (Å²) in [4.78, 5) is 3.37. The first kappa shape index (κ1) is 11.1. The van der Waals surface area contributed by atoms with Crippen molar-refractivity contribution in [2.24, 2.45) is 0 Å². The van der Waals surface area contributed by atoms with Crippen LogP contribution in [0.15, 0.2) is 45.3 Å². The predicted octanol–water partition coefficient (Wildman–Crippen LogP) is 4.32. The fraction of sp³-hybridized carbons (Fsp3) is 0.0667. The van der Waals surface area contributed by atoms with Crippen molar-refractivity contribution in [1.29, 1.82) is 0 Å². The summed E-state index contributed by atoms with van der Waals surface area (Å²) in [5.74, 6) is 0. The molecule has 3 nitrogen and oxygen atoms in total. The number of aromatic nitrogens is 1. The number of aliphatic hydroxyl groups is 1. The molecule has 0 fully saturated rings. The van der Waals surface area contributed by atoms with Crippen LogP contribution >= 0.6 is 15.9 Å². The molecule has 2 N–H and O–H groups in total. The second kappa shape index (κ2) is 3.85. The van der Waals surface area contributed by atoms with E-state index in [1.165, 1.54) is 0 Å². The van der Waals surface area contributed by atoms with E-state index in [1.54, 1.807) is 0 Å². The van der Waals surface area contributed by atoms with Crippen LogP contribution in [-0.2, 0) is 6.61 Å². The summed E-state index contributed by atoms with van der Waals surface area (Å²) >= 11 is 3.48. The molecule has 4 heteroatoms. The highest BCUT2D eigenvalue weighted by Crippen LogP contribution is 2.36. The zero-order valence-electron chi connectivity index (χ0n) is 9.90. The molecule has 0 aliphatic heterocycles. The number of H-pyrrole nitrogens is 1. The number of fused-ring (bicyclic) bond motifs is 5. The second-order valence-corrected chi connectivity index (χ2v) is 5.49. The van der Waals surface area contributed by atoms with Crippen molar-refractivity contribution in [2.45, 2.75) is 6.61 Å². The topological polar surface area (TPSA) is 49.2 Å². The number of hydrogen-bond donors (Lipinski definition) is 2. The van der Waals surface area contributed by atoms with Gasteiger partial charge in [0.25, 0.3) is 0 Å². The minimum atomic E-state index is 0.0159. The Labute approximate surface area is 117 Å². The maximum Gasteiger partial charge on any atom is 0.160 e. The zero-order chi connectivity index (χ0) is 13.0.